The Kier molecular flexibility index (Phi) is 5.06. The molecule has 1 atom stereocenters. The van der Waals surface area contributed by atoms with E-state index in [1.165, 1.54) is 16.7 Å². The van der Waals surface area contributed by atoms with Crippen LogP contribution in [0.5, 0.6) is 0 Å². The Morgan fingerprint density at radius 2 is 1.70 bits per heavy atom. The number of halogens is 1. The van der Waals surface area contributed by atoms with Crippen LogP contribution in [0.4, 0.5) is 0 Å². The molecule has 0 saturated carbocycles. The highest BCUT2D eigenvalue weighted by Gasteiger charge is 2.08. The van der Waals surface area contributed by atoms with Gasteiger partial charge in [-0.3, -0.25) is 4.98 Å². The third-order valence-electron chi connectivity index (χ3n) is 3.90. The molecule has 0 amide bonds. The molecule has 1 heterocycles. The summed E-state index contributed by atoms with van der Waals surface area (Å²) in [5.74, 6) is 0. The van der Waals surface area contributed by atoms with Crippen LogP contribution < -0.4 is 5.32 Å². The fourth-order valence-corrected chi connectivity index (χ4v) is 2.71. The lowest BCUT2D eigenvalue weighted by Gasteiger charge is -2.15. The maximum absolute atomic E-state index is 5.99. The summed E-state index contributed by atoms with van der Waals surface area (Å²) in [6.07, 6.45) is 1.83. The van der Waals surface area contributed by atoms with Crippen molar-refractivity contribution in [1.29, 1.82) is 0 Å². The number of benzene rings is 2. The minimum atomic E-state index is 0.203. The average Bonchev–Trinajstić information content (AvgIpc) is 2.61. The minimum absolute atomic E-state index is 0.203. The van der Waals surface area contributed by atoms with E-state index in [2.05, 4.69) is 53.6 Å². The van der Waals surface area contributed by atoms with Gasteiger partial charge in [0.25, 0.3) is 0 Å². The summed E-state index contributed by atoms with van der Waals surface area (Å²) in [5, 5.41) is 4.31. The lowest BCUT2D eigenvalue weighted by molar-refractivity contribution is 0.562. The van der Waals surface area contributed by atoms with Crippen molar-refractivity contribution in [2.75, 3.05) is 0 Å². The van der Waals surface area contributed by atoms with E-state index in [1.54, 1.807) is 0 Å². The first kappa shape index (κ1) is 15.7. The van der Waals surface area contributed by atoms with Crippen LogP contribution >= 0.6 is 11.6 Å². The molecule has 2 nitrogen and oxygen atoms in total. The van der Waals surface area contributed by atoms with Gasteiger partial charge in [0.05, 0.1) is 5.69 Å². The Bertz CT molecular complexity index is 754. The van der Waals surface area contributed by atoms with Gasteiger partial charge in [0.15, 0.2) is 0 Å². The van der Waals surface area contributed by atoms with E-state index < -0.39 is 0 Å². The molecule has 0 spiro atoms. The molecule has 0 aliphatic rings. The lowest BCUT2D eigenvalue weighted by atomic mass is 9.99. The maximum atomic E-state index is 5.99. The molecule has 1 N–H and O–H groups in total. The SMILES string of the molecule is C[C@@H](NCc1ccccc1-c1ccc(Cl)cc1)c1ccccn1. The van der Waals surface area contributed by atoms with Gasteiger partial charge in [-0.15, -0.1) is 0 Å². The van der Waals surface area contributed by atoms with Crippen LogP contribution in [0.3, 0.4) is 0 Å². The highest BCUT2D eigenvalue weighted by Crippen LogP contribution is 2.25. The van der Waals surface area contributed by atoms with Crippen molar-refractivity contribution in [2.24, 2.45) is 0 Å². The van der Waals surface area contributed by atoms with E-state index in [-0.39, 0.29) is 6.04 Å². The van der Waals surface area contributed by atoms with Crippen LogP contribution in [-0.2, 0) is 6.54 Å². The van der Waals surface area contributed by atoms with Crippen LogP contribution in [0.25, 0.3) is 11.1 Å². The Labute approximate surface area is 142 Å². The summed E-state index contributed by atoms with van der Waals surface area (Å²) in [5.41, 5.74) is 4.72. The second kappa shape index (κ2) is 7.40. The maximum Gasteiger partial charge on any atom is 0.0570 e. The number of pyridine rings is 1. The van der Waals surface area contributed by atoms with Gasteiger partial charge in [-0.25, -0.2) is 0 Å². The fraction of sp³-hybridized carbons (Fsp3) is 0.150. The summed E-state index contributed by atoms with van der Waals surface area (Å²) in [6.45, 7) is 2.92. The molecule has 0 bridgehead atoms. The Hall–Kier alpha value is -2.16. The predicted octanol–water partition coefficient (Wildman–Crippen LogP) is 5.25. The molecular weight excluding hydrogens is 304 g/mol. The van der Waals surface area contributed by atoms with Crippen LogP contribution in [-0.4, -0.2) is 4.98 Å². The number of hydrogen-bond donors (Lipinski definition) is 1. The first-order valence-electron chi connectivity index (χ1n) is 7.72. The van der Waals surface area contributed by atoms with Gasteiger partial charge in [0.1, 0.15) is 0 Å². The number of rotatable bonds is 5. The molecule has 3 heteroatoms. The summed E-state index contributed by atoms with van der Waals surface area (Å²) in [4.78, 5) is 4.40. The standard InChI is InChI=1S/C20H19ClN2/c1-15(20-8-4-5-13-22-20)23-14-17-6-2-3-7-19(17)16-9-11-18(21)12-10-16/h2-13,15,23H,14H2,1H3/t15-/m1/s1. The van der Waals surface area contributed by atoms with Crippen molar-refractivity contribution in [3.63, 3.8) is 0 Å². The lowest BCUT2D eigenvalue weighted by Crippen LogP contribution is -2.19. The van der Waals surface area contributed by atoms with Crippen molar-refractivity contribution >= 4 is 11.6 Å². The molecule has 0 aliphatic carbocycles. The molecule has 23 heavy (non-hydrogen) atoms. The average molecular weight is 323 g/mol. The second-order valence-corrected chi connectivity index (χ2v) is 5.96. The van der Waals surface area contributed by atoms with Crippen molar-refractivity contribution < 1.29 is 0 Å². The van der Waals surface area contributed by atoms with Gasteiger partial charge in [-0.1, -0.05) is 54.1 Å². The van der Waals surface area contributed by atoms with Crippen molar-refractivity contribution in [1.82, 2.24) is 10.3 Å². The van der Waals surface area contributed by atoms with Gasteiger partial charge >= 0.3 is 0 Å². The molecule has 0 fully saturated rings. The molecule has 0 aliphatic heterocycles. The third-order valence-corrected chi connectivity index (χ3v) is 4.15. The normalized spacial score (nSPS) is 12.1. The van der Waals surface area contributed by atoms with Crippen molar-refractivity contribution in [2.45, 2.75) is 19.5 Å². The van der Waals surface area contributed by atoms with E-state index in [0.717, 1.165) is 17.3 Å². The first-order valence-corrected chi connectivity index (χ1v) is 8.10. The largest absolute Gasteiger partial charge is 0.305 e. The quantitative estimate of drug-likeness (QED) is 0.693. The van der Waals surface area contributed by atoms with E-state index >= 15 is 0 Å². The molecule has 116 valence electrons. The summed E-state index contributed by atoms with van der Waals surface area (Å²) >= 11 is 5.99. The molecule has 2 aromatic carbocycles. The van der Waals surface area contributed by atoms with Crippen LogP contribution in [0.2, 0.25) is 5.02 Å². The Morgan fingerprint density at radius 3 is 2.43 bits per heavy atom. The molecule has 0 unspecified atom stereocenters. The summed E-state index contributed by atoms with van der Waals surface area (Å²) in [6, 6.07) is 22.6. The van der Waals surface area contributed by atoms with Gasteiger partial charge in [0.2, 0.25) is 0 Å². The van der Waals surface area contributed by atoms with E-state index in [4.69, 9.17) is 11.6 Å². The van der Waals surface area contributed by atoms with Crippen molar-refractivity contribution in [3.05, 3.63) is 89.2 Å². The monoisotopic (exact) mass is 322 g/mol. The second-order valence-electron chi connectivity index (χ2n) is 5.52. The highest BCUT2D eigenvalue weighted by atomic mass is 35.5. The van der Waals surface area contributed by atoms with Gasteiger partial charge < -0.3 is 5.32 Å². The smallest absolute Gasteiger partial charge is 0.0570 e. The third kappa shape index (κ3) is 3.98. The van der Waals surface area contributed by atoms with Crippen molar-refractivity contribution in [3.8, 4) is 11.1 Å². The van der Waals surface area contributed by atoms with Crippen LogP contribution in [0.15, 0.2) is 72.9 Å². The van der Waals surface area contributed by atoms with Crippen LogP contribution in [0, 0.1) is 0 Å². The topological polar surface area (TPSA) is 24.9 Å². The number of nitrogens with one attached hydrogen (secondary N) is 1. The Morgan fingerprint density at radius 1 is 0.957 bits per heavy atom. The number of hydrogen-bond acceptors (Lipinski definition) is 2. The fourth-order valence-electron chi connectivity index (χ4n) is 2.59. The van der Waals surface area contributed by atoms with Gasteiger partial charge in [0, 0.05) is 23.8 Å². The number of nitrogens with zero attached hydrogens (tertiary/aromatic N) is 1. The van der Waals surface area contributed by atoms with Crippen LogP contribution in [0.1, 0.15) is 24.2 Å². The molecule has 0 saturated heterocycles. The molecule has 3 aromatic rings. The number of aromatic nitrogens is 1. The van der Waals surface area contributed by atoms with Gasteiger partial charge in [-0.2, -0.15) is 0 Å². The van der Waals surface area contributed by atoms with E-state index in [9.17, 15) is 0 Å². The Balaban J connectivity index is 1.77. The molecule has 0 radical (unpaired) electrons. The summed E-state index contributed by atoms with van der Waals surface area (Å²) in [7, 11) is 0. The summed E-state index contributed by atoms with van der Waals surface area (Å²) < 4.78 is 0. The molecule has 1 aromatic heterocycles. The zero-order valence-corrected chi connectivity index (χ0v) is 13.8. The minimum Gasteiger partial charge on any atom is -0.305 e. The van der Waals surface area contributed by atoms with E-state index in [1.807, 2.05) is 36.5 Å². The first-order chi connectivity index (χ1) is 11.2. The van der Waals surface area contributed by atoms with E-state index in [0.29, 0.717) is 0 Å². The van der Waals surface area contributed by atoms with Gasteiger partial charge in [-0.05, 0) is 47.9 Å². The predicted molar refractivity (Wildman–Crippen MR) is 96.4 cm³/mol. The molecular formula is C20H19ClN2. The zero-order chi connectivity index (χ0) is 16.1. The highest BCUT2D eigenvalue weighted by molar-refractivity contribution is 6.30. The zero-order valence-electron chi connectivity index (χ0n) is 13.0. The molecule has 3 rings (SSSR count).